The Hall–Kier alpha value is -3.06. The summed E-state index contributed by atoms with van der Waals surface area (Å²) in [4.78, 5) is 25.3. The Labute approximate surface area is 203 Å². The Bertz CT molecular complexity index is 1300. The molecule has 1 aliphatic heterocycles. The fourth-order valence-corrected chi connectivity index (χ4v) is 4.60. The minimum absolute atomic E-state index is 0.143. The van der Waals surface area contributed by atoms with Crippen LogP contribution in [0.3, 0.4) is 0 Å². The van der Waals surface area contributed by atoms with Crippen molar-refractivity contribution in [1.29, 1.82) is 0 Å². The van der Waals surface area contributed by atoms with Crippen LogP contribution in [0.1, 0.15) is 27.9 Å². The Balaban J connectivity index is 1.82. The summed E-state index contributed by atoms with van der Waals surface area (Å²) in [5.41, 5.74) is -1.56. The molecule has 13 heteroatoms. The predicted molar refractivity (Wildman–Crippen MR) is 124 cm³/mol. The van der Waals surface area contributed by atoms with E-state index >= 15 is 8.78 Å². The van der Waals surface area contributed by atoms with E-state index in [1.807, 2.05) is 0 Å². The van der Waals surface area contributed by atoms with Crippen LogP contribution in [0.2, 0.25) is 0 Å². The van der Waals surface area contributed by atoms with Gasteiger partial charge in [-0.2, -0.15) is 8.78 Å². The van der Waals surface area contributed by atoms with E-state index in [0.717, 1.165) is 18.4 Å². The highest BCUT2D eigenvalue weighted by atomic mass is 32.2. The highest BCUT2D eigenvalue weighted by Gasteiger charge is 2.52. The van der Waals surface area contributed by atoms with Crippen molar-refractivity contribution in [1.82, 2.24) is 9.62 Å². The number of likely N-dealkylation sites (tertiary alicyclic amines) is 1. The van der Waals surface area contributed by atoms with Gasteiger partial charge in [0, 0.05) is 33.8 Å². The molecule has 1 aliphatic rings. The lowest BCUT2D eigenvalue weighted by Crippen LogP contribution is -2.60. The molecule has 2 atom stereocenters. The monoisotopic (exact) mass is 535 g/mol. The fourth-order valence-electron chi connectivity index (χ4n) is 3.71. The van der Waals surface area contributed by atoms with Crippen molar-refractivity contribution in [2.24, 2.45) is 0 Å². The van der Waals surface area contributed by atoms with E-state index in [1.54, 1.807) is 0 Å². The first-order chi connectivity index (χ1) is 16.5. The summed E-state index contributed by atoms with van der Waals surface area (Å²) in [5.74, 6) is -10.1. The van der Waals surface area contributed by atoms with Crippen LogP contribution >= 0.6 is 0 Å². The molecule has 0 aliphatic carbocycles. The molecule has 0 aromatic heterocycles. The van der Waals surface area contributed by atoms with Crippen molar-refractivity contribution >= 4 is 33.1 Å². The van der Waals surface area contributed by atoms with E-state index in [1.165, 1.54) is 19.1 Å². The third-order valence-electron chi connectivity index (χ3n) is 5.53. The van der Waals surface area contributed by atoms with Gasteiger partial charge < -0.3 is 10.2 Å². The lowest BCUT2D eigenvalue weighted by atomic mass is 9.98. The fraction of sp³-hybridized carbons (Fsp3) is 0.348. The lowest BCUT2D eigenvalue weighted by molar-refractivity contribution is -0.170. The van der Waals surface area contributed by atoms with E-state index in [0.29, 0.717) is 12.1 Å². The van der Waals surface area contributed by atoms with E-state index in [4.69, 9.17) is 0 Å². The number of aryl methyl sites for hydroxylation is 1. The molecule has 2 N–H and O–H groups in total. The molecule has 1 fully saturated rings. The zero-order valence-electron chi connectivity index (χ0n) is 19.2. The summed E-state index contributed by atoms with van der Waals surface area (Å²) < 4.78 is 101. The minimum Gasteiger partial charge on any atom is -0.331 e. The number of alkyl halides is 4. The van der Waals surface area contributed by atoms with Crippen molar-refractivity contribution in [3.05, 3.63) is 64.7 Å². The summed E-state index contributed by atoms with van der Waals surface area (Å²) in [7, 11) is -3.04. The molecule has 0 bridgehead atoms. The molecule has 36 heavy (non-hydrogen) atoms. The second-order valence-corrected chi connectivity index (χ2v) is 10.9. The minimum atomic E-state index is -4.58. The van der Waals surface area contributed by atoms with Gasteiger partial charge in [0.15, 0.2) is 0 Å². The van der Waals surface area contributed by atoms with Crippen molar-refractivity contribution in [2.75, 3.05) is 24.7 Å². The third-order valence-corrected chi connectivity index (χ3v) is 6.31. The third kappa shape index (κ3) is 6.01. The standard InChI is InChI=1S/C23H23F6N3O3S/c1-13-10-15(5-7-17(13)24)30-20(33)14-4-6-18(25)16(11-14)23(28,29)21(34)32-9-8-19(22(26,27)12-32)31-36(2,3)35/h4-7,10-11,19H,2,8-9,12H2,1,3H3,(H,30,33)(H,31,35). The first-order valence-electron chi connectivity index (χ1n) is 10.5. The van der Waals surface area contributed by atoms with Gasteiger partial charge in [0.2, 0.25) is 0 Å². The van der Waals surface area contributed by atoms with Crippen LogP contribution < -0.4 is 10.0 Å². The molecule has 2 aromatic carbocycles. The number of hydrogen-bond donors (Lipinski definition) is 2. The van der Waals surface area contributed by atoms with Crippen LogP contribution in [0, 0.1) is 18.6 Å². The van der Waals surface area contributed by atoms with Gasteiger partial charge >= 0.3 is 5.92 Å². The molecule has 2 unspecified atom stereocenters. The number of hydrogen-bond acceptors (Lipinski definition) is 3. The second-order valence-electron chi connectivity index (χ2n) is 8.64. The van der Waals surface area contributed by atoms with Crippen molar-refractivity contribution in [2.45, 2.75) is 31.2 Å². The molecule has 1 heterocycles. The molecular weight excluding hydrogens is 512 g/mol. The van der Waals surface area contributed by atoms with E-state index in [9.17, 15) is 31.4 Å². The molecule has 0 saturated carbocycles. The van der Waals surface area contributed by atoms with Crippen molar-refractivity contribution in [3.8, 4) is 0 Å². The first-order valence-corrected chi connectivity index (χ1v) is 12.7. The van der Waals surface area contributed by atoms with E-state index in [2.05, 4.69) is 15.9 Å². The molecule has 0 radical (unpaired) electrons. The summed E-state index contributed by atoms with van der Waals surface area (Å²) >= 11 is 0. The molecule has 2 aromatic rings. The highest BCUT2D eigenvalue weighted by molar-refractivity contribution is 7.97. The molecule has 1 saturated heterocycles. The number of amides is 2. The van der Waals surface area contributed by atoms with E-state index in [-0.39, 0.29) is 16.2 Å². The first kappa shape index (κ1) is 27.5. The van der Waals surface area contributed by atoms with Crippen LogP contribution in [0.4, 0.5) is 32.0 Å². The van der Waals surface area contributed by atoms with Crippen molar-refractivity contribution < 1.29 is 40.1 Å². The number of carbonyl (C=O) groups excluding carboxylic acids is 2. The summed E-state index contributed by atoms with van der Waals surface area (Å²) in [6.45, 7) is -0.515. The van der Waals surface area contributed by atoms with Crippen LogP contribution in [0.25, 0.3) is 0 Å². The van der Waals surface area contributed by atoms with Gasteiger partial charge in [0.1, 0.15) is 11.6 Å². The van der Waals surface area contributed by atoms with Crippen LogP contribution in [-0.4, -0.2) is 58.1 Å². The summed E-state index contributed by atoms with van der Waals surface area (Å²) in [6, 6.07) is 3.85. The lowest BCUT2D eigenvalue weighted by Gasteiger charge is -2.39. The smallest absolute Gasteiger partial charge is 0.331 e. The Morgan fingerprint density at radius 2 is 1.78 bits per heavy atom. The van der Waals surface area contributed by atoms with E-state index < -0.39 is 81.7 Å². The number of piperidine rings is 1. The van der Waals surface area contributed by atoms with Crippen LogP contribution in [-0.2, 0) is 20.4 Å². The Morgan fingerprint density at radius 3 is 2.36 bits per heavy atom. The predicted octanol–water partition coefficient (Wildman–Crippen LogP) is 3.70. The number of nitrogens with zero attached hydrogens (tertiary/aromatic N) is 1. The average molecular weight is 536 g/mol. The molecule has 0 spiro atoms. The molecule has 6 nitrogen and oxygen atoms in total. The number of rotatable bonds is 6. The normalized spacial score (nSPS) is 19.4. The maximum atomic E-state index is 15.1. The van der Waals surface area contributed by atoms with Crippen molar-refractivity contribution in [3.63, 3.8) is 0 Å². The van der Waals surface area contributed by atoms with Gasteiger partial charge in [0.25, 0.3) is 17.7 Å². The Kier molecular flexibility index (Phi) is 7.47. The zero-order chi connectivity index (χ0) is 27.1. The topological polar surface area (TPSA) is 78.5 Å². The van der Waals surface area contributed by atoms with Gasteiger partial charge in [-0.05, 0) is 61.2 Å². The number of nitrogens with one attached hydrogen (secondary N) is 2. The quantitative estimate of drug-likeness (QED) is 0.438. The SMILES string of the molecule is C=S(C)(=O)NC1CCN(C(=O)C(F)(F)c2cc(C(=O)Nc3ccc(F)c(C)c3)ccc2F)CC1(F)F. The number of carbonyl (C=O) groups is 2. The van der Waals surface area contributed by atoms with Gasteiger partial charge in [0.05, 0.1) is 18.2 Å². The molecule has 2 amide bonds. The highest BCUT2D eigenvalue weighted by Crippen LogP contribution is 2.36. The maximum absolute atomic E-state index is 15.1. The van der Waals surface area contributed by atoms with Gasteiger partial charge in [-0.1, -0.05) is 0 Å². The summed E-state index contributed by atoms with van der Waals surface area (Å²) in [6.07, 6.45) is 0.592. The maximum Gasteiger partial charge on any atom is 0.352 e. The van der Waals surface area contributed by atoms with Gasteiger partial charge in [-0.15, -0.1) is 0 Å². The number of benzene rings is 2. The van der Waals surface area contributed by atoms with Crippen LogP contribution in [0.15, 0.2) is 36.4 Å². The number of halogens is 6. The second kappa shape index (κ2) is 9.77. The molecule has 3 rings (SSSR count). The average Bonchev–Trinajstić information content (AvgIpc) is 2.76. The van der Waals surface area contributed by atoms with Gasteiger partial charge in [-0.3, -0.25) is 13.8 Å². The van der Waals surface area contributed by atoms with Gasteiger partial charge in [-0.25, -0.2) is 22.3 Å². The molecule has 196 valence electrons. The zero-order valence-corrected chi connectivity index (χ0v) is 20.0. The molecular formula is C23H23F6N3O3S. The summed E-state index contributed by atoms with van der Waals surface area (Å²) in [5, 5.41) is 2.35. The largest absolute Gasteiger partial charge is 0.352 e. The Morgan fingerprint density at radius 1 is 1.14 bits per heavy atom. The van der Waals surface area contributed by atoms with Crippen LogP contribution in [0.5, 0.6) is 0 Å². The number of anilines is 1.